The number of nitrogens with zero attached hydrogens (tertiary/aromatic N) is 6. The molecule has 0 amide bonds. The van der Waals surface area contributed by atoms with Crippen LogP contribution in [-0.2, 0) is 5.54 Å². The molecule has 37 heavy (non-hydrogen) atoms. The Balaban J connectivity index is 1.87. The van der Waals surface area contributed by atoms with Crippen LogP contribution in [0.25, 0.3) is 10.9 Å². The molecule has 0 aliphatic rings. The molecule has 192 valence electrons. The quantitative estimate of drug-likeness (QED) is 0.287. The molecule has 2 N–H and O–H groups in total. The lowest BCUT2D eigenvalue weighted by Crippen LogP contribution is -2.22. The van der Waals surface area contributed by atoms with Crippen LogP contribution in [-0.4, -0.2) is 31.5 Å². The second-order valence-corrected chi connectivity index (χ2v) is 11.4. The fourth-order valence-corrected chi connectivity index (χ4v) is 3.89. The highest BCUT2D eigenvalue weighted by molar-refractivity contribution is 6.35. The van der Waals surface area contributed by atoms with E-state index >= 15 is 0 Å². The predicted molar refractivity (Wildman–Crippen MR) is 144 cm³/mol. The molecule has 0 saturated carbocycles. The van der Waals surface area contributed by atoms with Gasteiger partial charge in [-0.3, -0.25) is 4.98 Å². The fraction of sp³-hybridized carbons (Fsp3) is 0.370. The van der Waals surface area contributed by atoms with Crippen molar-refractivity contribution in [3.05, 3.63) is 70.6 Å². The van der Waals surface area contributed by atoms with Crippen molar-refractivity contribution in [1.82, 2.24) is 25.0 Å². The SMILES string of the molecule is [2H][C@](Nc1cc(Cl)c2ncc(C#N)c(NCC(C)(C)C)c2c1)(c1ccc(F)nc1)c1cn(C(C)(C)C)nn1. The zero-order valence-corrected chi connectivity index (χ0v) is 22.4. The summed E-state index contributed by atoms with van der Waals surface area (Å²) in [6, 6.07) is 6.62. The normalized spacial score (nSPS) is 14.1. The minimum Gasteiger partial charge on any atom is -0.383 e. The first-order valence-electron chi connectivity index (χ1n) is 12.3. The molecule has 0 fully saturated rings. The van der Waals surface area contributed by atoms with Gasteiger partial charge in [0.05, 0.1) is 40.9 Å². The van der Waals surface area contributed by atoms with Gasteiger partial charge >= 0.3 is 0 Å². The summed E-state index contributed by atoms with van der Waals surface area (Å²) in [6.45, 7) is 12.8. The molecule has 3 heterocycles. The van der Waals surface area contributed by atoms with E-state index in [4.69, 9.17) is 11.6 Å². The van der Waals surface area contributed by atoms with E-state index in [1.54, 1.807) is 23.0 Å². The zero-order chi connectivity index (χ0) is 27.9. The summed E-state index contributed by atoms with van der Waals surface area (Å²) in [5, 5.41) is 25.8. The fourth-order valence-electron chi connectivity index (χ4n) is 3.62. The maximum absolute atomic E-state index is 13.7. The number of halogens is 2. The van der Waals surface area contributed by atoms with Crippen molar-refractivity contribution in [2.45, 2.75) is 53.1 Å². The summed E-state index contributed by atoms with van der Waals surface area (Å²) in [7, 11) is 0. The van der Waals surface area contributed by atoms with Gasteiger partial charge in [-0.15, -0.1) is 5.10 Å². The molecule has 0 saturated heterocycles. The van der Waals surface area contributed by atoms with Crippen LogP contribution in [0.15, 0.2) is 42.9 Å². The third-order valence-electron chi connectivity index (χ3n) is 5.56. The van der Waals surface area contributed by atoms with E-state index in [9.17, 15) is 11.0 Å². The van der Waals surface area contributed by atoms with E-state index < -0.39 is 12.0 Å². The first kappa shape index (κ1) is 24.9. The highest BCUT2D eigenvalue weighted by Gasteiger charge is 2.23. The predicted octanol–water partition coefficient (Wildman–Crippen LogP) is 6.30. The molecule has 0 bridgehead atoms. The van der Waals surface area contributed by atoms with Gasteiger partial charge in [-0.1, -0.05) is 43.7 Å². The Bertz CT molecular complexity index is 1520. The Labute approximate surface area is 222 Å². The number of pyridine rings is 2. The van der Waals surface area contributed by atoms with Crippen LogP contribution in [0.4, 0.5) is 15.8 Å². The third-order valence-corrected chi connectivity index (χ3v) is 5.85. The van der Waals surface area contributed by atoms with Gasteiger partial charge in [0, 0.05) is 30.0 Å². The molecule has 0 unspecified atom stereocenters. The first-order chi connectivity index (χ1) is 17.7. The maximum Gasteiger partial charge on any atom is 0.212 e. The molecule has 4 rings (SSSR count). The molecule has 4 aromatic rings. The lowest BCUT2D eigenvalue weighted by atomic mass is 9.96. The molecule has 0 aliphatic carbocycles. The van der Waals surface area contributed by atoms with Crippen molar-refractivity contribution in [3.8, 4) is 6.07 Å². The standard InChI is InChI=1S/C27H30ClFN8/c1-26(2,3)15-33-23-17(11-30)13-32-25-19(23)9-18(10-20(25)28)34-24(16-7-8-22(29)31-12-16)21-14-37(36-35-21)27(4,5)6/h7-10,12-14,24,34H,15H2,1-6H3,(H,32,33)/t24-/m0/s1/i24D. The van der Waals surface area contributed by atoms with Gasteiger partial charge in [0.2, 0.25) is 5.95 Å². The van der Waals surface area contributed by atoms with Gasteiger partial charge in [-0.25, -0.2) is 9.67 Å². The summed E-state index contributed by atoms with van der Waals surface area (Å²) in [4.78, 5) is 8.16. The zero-order valence-electron chi connectivity index (χ0n) is 22.7. The van der Waals surface area contributed by atoms with E-state index in [0.717, 1.165) is 0 Å². The number of nitrogens with one attached hydrogen (secondary N) is 2. The van der Waals surface area contributed by atoms with Gasteiger partial charge in [-0.2, -0.15) is 9.65 Å². The average molecular weight is 522 g/mol. The van der Waals surface area contributed by atoms with Crippen LogP contribution < -0.4 is 10.6 Å². The van der Waals surface area contributed by atoms with Crippen LogP contribution in [0.1, 0.15) is 65.8 Å². The molecule has 8 nitrogen and oxygen atoms in total. The minimum atomic E-state index is -1.69. The Morgan fingerprint density at radius 2 is 1.92 bits per heavy atom. The lowest BCUT2D eigenvalue weighted by molar-refractivity contribution is 0.347. The van der Waals surface area contributed by atoms with E-state index in [1.165, 1.54) is 24.5 Å². The van der Waals surface area contributed by atoms with E-state index in [0.29, 0.717) is 45.0 Å². The molecule has 10 heteroatoms. The van der Waals surface area contributed by atoms with Crippen LogP contribution in [0.3, 0.4) is 0 Å². The number of nitriles is 1. The highest BCUT2D eigenvalue weighted by atomic mass is 35.5. The summed E-state index contributed by atoms with van der Waals surface area (Å²) in [6.07, 6.45) is 4.47. The largest absolute Gasteiger partial charge is 0.383 e. The Kier molecular flexibility index (Phi) is 6.69. The van der Waals surface area contributed by atoms with Crippen LogP contribution >= 0.6 is 11.6 Å². The number of anilines is 2. The monoisotopic (exact) mass is 521 g/mol. The number of hydrogen-bond acceptors (Lipinski definition) is 7. The lowest BCUT2D eigenvalue weighted by Gasteiger charge is -2.22. The number of benzene rings is 1. The van der Waals surface area contributed by atoms with Crippen molar-refractivity contribution < 1.29 is 5.76 Å². The molecule has 1 aromatic carbocycles. The second kappa shape index (κ2) is 9.94. The van der Waals surface area contributed by atoms with Crippen LogP contribution in [0.5, 0.6) is 0 Å². The molecule has 0 radical (unpaired) electrons. The molecular weight excluding hydrogens is 491 g/mol. The molecular formula is C27H30ClFN8. The second-order valence-electron chi connectivity index (χ2n) is 11.0. The van der Waals surface area contributed by atoms with Crippen molar-refractivity contribution in [2.24, 2.45) is 5.41 Å². The molecule has 0 spiro atoms. The van der Waals surface area contributed by atoms with Crippen LogP contribution in [0.2, 0.25) is 5.02 Å². The highest BCUT2D eigenvalue weighted by Crippen LogP contribution is 2.36. The average Bonchev–Trinajstić information content (AvgIpc) is 3.34. The van der Waals surface area contributed by atoms with Gasteiger partial charge in [0.1, 0.15) is 11.8 Å². The summed E-state index contributed by atoms with van der Waals surface area (Å²) in [5.41, 5.74) is 2.20. The smallest absolute Gasteiger partial charge is 0.212 e. The Morgan fingerprint density at radius 1 is 1.16 bits per heavy atom. The first-order valence-corrected chi connectivity index (χ1v) is 12.2. The van der Waals surface area contributed by atoms with Crippen molar-refractivity contribution in [1.29, 1.82) is 5.26 Å². The number of aromatic nitrogens is 5. The molecule has 1 atom stereocenters. The number of fused-ring (bicyclic) bond motifs is 1. The van der Waals surface area contributed by atoms with Gasteiger partial charge in [0.25, 0.3) is 0 Å². The molecule has 0 aliphatic heterocycles. The Morgan fingerprint density at radius 3 is 2.51 bits per heavy atom. The Hall–Kier alpha value is -3.77. The van der Waals surface area contributed by atoms with E-state index in [1.807, 2.05) is 20.8 Å². The summed E-state index contributed by atoms with van der Waals surface area (Å²) >= 11 is 6.66. The van der Waals surface area contributed by atoms with Gasteiger partial charge in [0.15, 0.2) is 0 Å². The van der Waals surface area contributed by atoms with Crippen molar-refractivity contribution >= 4 is 33.9 Å². The van der Waals surface area contributed by atoms with E-state index in [2.05, 4.69) is 57.8 Å². The number of hydrogen-bond donors (Lipinski definition) is 2. The summed E-state index contributed by atoms with van der Waals surface area (Å²) < 4.78 is 24.8. The van der Waals surface area contributed by atoms with Crippen LogP contribution in [0, 0.1) is 22.7 Å². The van der Waals surface area contributed by atoms with Crippen molar-refractivity contribution in [2.75, 3.05) is 17.2 Å². The third kappa shape index (κ3) is 5.97. The van der Waals surface area contributed by atoms with E-state index in [-0.39, 0.29) is 16.6 Å². The van der Waals surface area contributed by atoms with Gasteiger partial charge < -0.3 is 10.6 Å². The van der Waals surface area contributed by atoms with Gasteiger partial charge in [-0.05, 0) is 49.9 Å². The topological polar surface area (TPSA) is 104 Å². The van der Waals surface area contributed by atoms with Crippen molar-refractivity contribution in [3.63, 3.8) is 0 Å². The molecule has 3 aromatic heterocycles. The minimum absolute atomic E-state index is 0.0488. The summed E-state index contributed by atoms with van der Waals surface area (Å²) in [5.74, 6) is -0.659. The maximum atomic E-state index is 13.7. The number of rotatable bonds is 6.